The summed E-state index contributed by atoms with van der Waals surface area (Å²) in [6.07, 6.45) is 0.828. The van der Waals surface area contributed by atoms with Crippen molar-refractivity contribution in [2.24, 2.45) is 0 Å². The molecule has 2 amide bonds. The van der Waals surface area contributed by atoms with Crippen LogP contribution in [0.15, 0.2) is 48.5 Å². The van der Waals surface area contributed by atoms with Crippen LogP contribution in [0.1, 0.15) is 37.3 Å². The van der Waals surface area contributed by atoms with E-state index in [0.29, 0.717) is 18.0 Å². The summed E-state index contributed by atoms with van der Waals surface area (Å²) >= 11 is 0. The highest BCUT2D eigenvalue weighted by Crippen LogP contribution is 2.18. The molecule has 1 aliphatic rings. The summed E-state index contributed by atoms with van der Waals surface area (Å²) in [5.41, 5.74) is 2.49. The topological polar surface area (TPSA) is 44.8 Å². The fraction of sp³-hybridized carbons (Fsp3) is 0.458. The van der Waals surface area contributed by atoms with Gasteiger partial charge in [0, 0.05) is 37.4 Å². The van der Waals surface area contributed by atoms with Crippen LogP contribution in [0.4, 0.5) is 14.9 Å². The van der Waals surface area contributed by atoms with E-state index in [9.17, 15) is 9.18 Å². The molecule has 2 aromatic carbocycles. The van der Waals surface area contributed by atoms with E-state index < -0.39 is 0 Å². The van der Waals surface area contributed by atoms with Crippen LogP contribution < -0.4 is 5.32 Å². The van der Waals surface area contributed by atoms with Gasteiger partial charge in [-0.2, -0.15) is 0 Å². The zero-order chi connectivity index (χ0) is 21.3. The molecule has 0 unspecified atom stereocenters. The molecule has 0 bridgehead atoms. The molecule has 0 aliphatic carbocycles. The third-order valence-corrected chi connectivity index (χ3v) is 5.44. The second kappa shape index (κ2) is 11.1. The van der Waals surface area contributed by atoms with Crippen molar-refractivity contribution < 1.29 is 13.9 Å². The number of morpholine rings is 1. The number of urea groups is 1. The summed E-state index contributed by atoms with van der Waals surface area (Å²) < 4.78 is 19.6. The summed E-state index contributed by atoms with van der Waals surface area (Å²) in [7, 11) is 0. The normalized spacial score (nSPS) is 14.7. The predicted molar refractivity (Wildman–Crippen MR) is 118 cm³/mol. The first kappa shape index (κ1) is 22.2. The number of anilines is 1. The van der Waals surface area contributed by atoms with Crippen molar-refractivity contribution in [3.05, 3.63) is 65.5 Å². The van der Waals surface area contributed by atoms with Crippen LogP contribution in [0.3, 0.4) is 0 Å². The van der Waals surface area contributed by atoms with Gasteiger partial charge in [-0.05, 0) is 36.1 Å². The number of rotatable bonds is 8. The highest BCUT2D eigenvalue weighted by Gasteiger charge is 2.17. The van der Waals surface area contributed by atoms with Gasteiger partial charge >= 0.3 is 6.03 Å². The third kappa shape index (κ3) is 6.54. The van der Waals surface area contributed by atoms with E-state index in [1.807, 2.05) is 24.3 Å². The lowest BCUT2D eigenvalue weighted by atomic mass is 10.0. The van der Waals surface area contributed by atoms with Crippen LogP contribution in [0, 0.1) is 5.82 Å². The maximum atomic E-state index is 14.2. The molecule has 0 aromatic heterocycles. The highest BCUT2D eigenvalue weighted by atomic mass is 19.1. The van der Waals surface area contributed by atoms with E-state index in [2.05, 4.69) is 24.1 Å². The molecule has 1 heterocycles. The molecule has 0 saturated carbocycles. The molecule has 0 atom stereocenters. The van der Waals surface area contributed by atoms with Crippen molar-refractivity contribution in [1.82, 2.24) is 9.80 Å². The summed E-state index contributed by atoms with van der Waals surface area (Å²) in [6.45, 7) is 9.32. The van der Waals surface area contributed by atoms with Gasteiger partial charge in [0.05, 0.1) is 19.8 Å². The van der Waals surface area contributed by atoms with E-state index in [-0.39, 0.29) is 18.4 Å². The van der Waals surface area contributed by atoms with E-state index in [1.54, 1.807) is 23.1 Å². The highest BCUT2D eigenvalue weighted by molar-refractivity contribution is 5.89. The first-order chi connectivity index (χ1) is 14.5. The number of ether oxygens (including phenoxy) is 1. The van der Waals surface area contributed by atoms with Gasteiger partial charge in [0.2, 0.25) is 0 Å². The molecule has 6 heteroatoms. The zero-order valence-electron chi connectivity index (χ0n) is 17.9. The second-order valence-electron chi connectivity index (χ2n) is 8.03. The Labute approximate surface area is 178 Å². The van der Waals surface area contributed by atoms with Gasteiger partial charge in [-0.15, -0.1) is 0 Å². The van der Waals surface area contributed by atoms with Gasteiger partial charge in [0.15, 0.2) is 0 Å². The van der Waals surface area contributed by atoms with Gasteiger partial charge < -0.3 is 15.0 Å². The fourth-order valence-electron chi connectivity index (χ4n) is 3.55. The largest absolute Gasteiger partial charge is 0.379 e. The molecule has 1 saturated heterocycles. The average Bonchev–Trinajstić information content (AvgIpc) is 2.75. The molecular weight excluding hydrogens is 381 g/mol. The van der Waals surface area contributed by atoms with Crippen LogP contribution in [0.5, 0.6) is 0 Å². The molecule has 0 radical (unpaired) electrons. The number of nitrogens with one attached hydrogen (secondary N) is 1. The first-order valence-corrected chi connectivity index (χ1v) is 10.7. The Balaban J connectivity index is 1.63. The van der Waals surface area contributed by atoms with Crippen LogP contribution in [-0.4, -0.2) is 55.2 Å². The summed E-state index contributed by atoms with van der Waals surface area (Å²) in [4.78, 5) is 17.0. The SMILES string of the molecule is CC(C)c1ccc(NC(=O)N(CCCN2CCOCC2)Cc2ccccc2F)cc1. The van der Waals surface area contributed by atoms with Crippen LogP contribution >= 0.6 is 0 Å². The number of hydrogen-bond donors (Lipinski definition) is 1. The monoisotopic (exact) mass is 413 g/mol. The summed E-state index contributed by atoms with van der Waals surface area (Å²) in [5.74, 6) is 0.150. The Bertz CT molecular complexity index is 804. The maximum Gasteiger partial charge on any atom is 0.322 e. The maximum absolute atomic E-state index is 14.2. The molecule has 1 aliphatic heterocycles. The second-order valence-corrected chi connectivity index (χ2v) is 8.03. The molecule has 3 rings (SSSR count). The van der Waals surface area contributed by atoms with E-state index in [0.717, 1.165) is 45.0 Å². The molecule has 2 aromatic rings. The van der Waals surface area contributed by atoms with Gasteiger partial charge in [0.25, 0.3) is 0 Å². The molecular formula is C24H32FN3O2. The Morgan fingerprint density at radius 1 is 1.13 bits per heavy atom. The smallest absolute Gasteiger partial charge is 0.322 e. The van der Waals surface area contributed by atoms with E-state index in [1.165, 1.54) is 11.6 Å². The number of hydrogen-bond acceptors (Lipinski definition) is 3. The minimum Gasteiger partial charge on any atom is -0.379 e. The third-order valence-electron chi connectivity index (χ3n) is 5.44. The van der Waals surface area contributed by atoms with E-state index in [4.69, 9.17) is 4.74 Å². The first-order valence-electron chi connectivity index (χ1n) is 10.7. The minimum atomic E-state index is -0.287. The Morgan fingerprint density at radius 2 is 1.83 bits per heavy atom. The molecule has 0 spiro atoms. The minimum absolute atomic E-state index is 0.211. The number of halogens is 1. The number of amides is 2. The lowest BCUT2D eigenvalue weighted by Crippen LogP contribution is -2.40. The van der Waals surface area contributed by atoms with Crippen molar-refractivity contribution in [3.63, 3.8) is 0 Å². The van der Waals surface area contributed by atoms with Crippen molar-refractivity contribution in [2.45, 2.75) is 32.7 Å². The summed E-state index contributed by atoms with van der Waals surface area (Å²) in [6, 6.07) is 14.3. The standard InChI is InChI=1S/C24H32FN3O2/c1-19(2)20-8-10-22(11-9-20)26-24(29)28(18-21-6-3-4-7-23(21)25)13-5-12-27-14-16-30-17-15-27/h3-4,6-11,19H,5,12-18H2,1-2H3,(H,26,29). The molecule has 1 fully saturated rings. The van der Waals surface area contributed by atoms with Crippen LogP contribution in [0.2, 0.25) is 0 Å². The zero-order valence-corrected chi connectivity index (χ0v) is 17.9. The Morgan fingerprint density at radius 3 is 2.50 bits per heavy atom. The number of nitrogens with zero attached hydrogens (tertiary/aromatic N) is 2. The number of carbonyl (C=O) groups excluding carboxylic acids is 1. The van der Waals surface area contributed by atoms with Crippen molar-refractivity contribution >= 4 is 11.7 Å². The van der Waals surface area contributed by atoms with Gasteiger partial charge in [-0.25, -0.2) is 9.18 Å². The number of benzene rings is 2. The van der Waals surface area contributed by atoms with Crippen molar-refractivity contribution in [3.8, 4) is 0 Å². The Hall–Kier alpha value is -2.44. The molecule has 162 valence electrons. The average molecular weight is 414 g/mol. The Kier molecular flexibility index (Phi) is 8.22. The van der Waals surface area contributed by atoms with Crippen molar-refractivity contribution in [2.75, 3.05) is 44.7 Å². The molecule has 5 nitrogen and oxygen atoms in total. The van der Waals surface area contributed by atoms with Gasteiger partial charge in [0.1, 0.15) is 5.82 Å². The lowest BCUT2D eigenvalue weighted by molar-refractivity contribution is 0.0365. The van der Waals surface area contributed by atoms with Gasteiger partial charge in [-0.3, -0.25) is 4.90 Å². The van der Waals surface area contributed by atoms with Crippen LogP contribution in [-0.2, 0) is 11.3 Å². The lowest BCUT2D eigenvalue weighted by Gasteiger charge is -2.28. The quantitative estimate of drug-likeness (QED) is 0.682. The number of carbonyl (C=O) groups is 1. The van der Waals surface area contributed by atoms with Gasteiger partial charge in [-0.1, -0.05) is 44.2 Å². The van der Waals surface area contributed by atoms with E-state index >= 15 is 0 Å². The molecule has 1 N–H and O–H groups in total. The predicted octanol–water partition coefficient (Wildman–Crippen LogP) is 4.71. The molecule has 30 heavy (non-hydrogen) atoms. The van der Waals surface area contributed by atoms with Crippen molar-refractivity contribution in [1.29, 1.82) is 0 Å². The summed E-state index contributed by atoms with van der Waals surface area (Å²) in [5, 5.41) is 2.97. The fourth-order valence-corrected chi connectivity index (χ4v) is 3.55. The van der Waals surface area contributed by atoms with Crippen LogP contribution in [0.25, 0.3) is 0 Å².